The average Bonchev–Trinajstić information content (AvgIpc) is 3.14. The molecule has 126 valence electrons. The summed E-state index contributed by atoms with van der Waals surface area (Å²) in [5, 5.41) is 13.9. The first-order valence-electron chi connectivity index (χ1n) is 7.36. The number of rotatable bonds is 2. The third-order valence-electron chi connectivity index (χ3n) is 3.83. The lowest BCUT2D eigenvalue weighted by molar-refractivity contribution is 0.792. The Kier molecular flexibility index (Phi) is 3.87. The van der Waals surface area contributed by atoms with Gasteiger partial charge in [-0.05, 0) is 54.1 Å². The lowest BCUT2D eigenvalue weighted by Crippen LogP contribution is -2.01. The van der Waals surface area contributed by atoms with Gasteiger partial charge in [0.05, 0.1) is 21.3 Å². The van der Waals surface area contributed by atoms with E-state index in [-0.39, 0.29) is 0 Å². The van der Waals surface area contributed by atoms with E-state index in [2.05, 4.69) is 20.5 Å². The second-order valence-corrected chi connectivity index (χ2v) is 7.46. The number of hydrogen-bond donors (Lipinski definition) is 1. The van der Waals surface area contributed by atoms with E-state index in [0.717, 1.165) is 26.4 Å². The number of halogens is 2. The van der Waals surface area contributed by atoms with Crippen LogP contribution in [0.15, 0.2) is 24.3 Å². The van der Waals surface area contributed by atoms with Gasteiger partial charge in [0.15, 0.2) is 5.82 Å². The van der Waals surface area contributed by atoms with E-state index in [9.17, 15) is 0 Å². The number of nitrogens with zero attached hydrogens (tertiary/aromatic N) is 5. The average molecular weight is 391 g/mol. The molecule has 4 aromatic rings. The fraction of sp³-hybridized carbons (Fsp3) is 0.125. The number of benzene rings is 1. The lowest BCUT2D eigenvalue weighted by Gasteiger charge is -2.06. The van der Waals surface area contributed by atoms with E-state index in [1.165, 1.54) is 16.0 Å². The Bertz CT molecular complexity index is 1120. The van der Waals surface area contributed by atoms with Crippen LogP contribution in [0.25, 0.3) is 26.6 Å². The van der Waals surface area contributed by atoms with E-state index >= 15 is 0 Å². The number of hydrogen-bond acceptors (Lipinski definition) is 6. The van der Waals surface area contributed by atoms with Crippen molar-refractivity contribution in [1.29, 1.82) is 0 Å². The molecule has 0 saturated carbocycles. The van der Waals surface area contributed by atoms with Crippen molar-refractivity contribution in [2.75, 3.05) is 5.73 Å². The highest BCUT2D eigenvalue weighted by Crippen LogP contribution is 2.41. The van der Waals surface area contributed by atoms with Crippen LogP contribution < -0.4 is 5.73 Å². The van der Waals surface area contributed by atoms with Gasteiger partial charge in [-0.15, -0.1) is 16.4 Å². The summed E-state index contributed by atoms with van der Waals surface area (Å²) in [7, 11) is 0. The summed E-state index contributed by atoms with van der Waals surface area (Å²) < 4.78 is 1.54. The van der Waals surface area contributed by atoms with Crippen molar-refractivity contribution in [3.63, 3.8) is 0 Å². The van der Waals surface area contributed by atoms with E-state index in [0.29, 0.717) is 27.2 Å². The standard InChI is InChI=1S/C16H12Cl2N6S/c1-7-5-8(2)20-16-12(7)13(19)14(25-16)15-21-22-23-24(15)11-6-9(17)3-4-10(11)18/h3-6H,19H2,1-2H3. The van der Waals surface area contributed by atoms with E-state index in [4.69, 9.17) is 28.9 Å². The number of nitrogens with two attached hydrogens (primary N) is 1. The van der Waals surface area contributed by atoms with Crippen LogP contribution in [0.5, 0.6) is 0 Å². The number of fused-ring (bicyclic) bond motifs is 1. The van der Waals surface area contributed by atoms with Gasteiger partial charge in [-0.1, -0.05) is 23.2 Å². The lowest BCUT2D eigenvalue weighted by atomic mass is 10.1. The largest absolute Gasteiger partial charge is 0.397 e. The van der Waals surface area contributed by atoms with Crippen LogP contribution in [0.3, 0.4) is 0 Å². The Morgan fingerprint density at radius 1 is 1.16 bits per heavy atom. The fourth-order valence-corrected chi connectivity index (χ4v) is 4.32. The smallest absolute Gasteiger partial charge is 0.199 e. The predicted molar refractivity (Wildman–Crippen MR) is 102 cm³/mol. The summed E-state index contributed by atoms with van der Waals surface area (Å²) in [6, 6.07) is 7.13. The third kappa shape index (κ3) is 2.64. The van der Waals surface area contributed by atoms with Gasteiger partial charge < -0.3 is 5.73 Å². The molecule has 0 saturated heterocycles. The van der Waals surface area contributed by atoms with Crippen LogP contribution in [-0.2, 0) is 0 Å². The molecule has 9 heteroatoms. The molecule has 0 spiro atoms. The zero-order valence-electron chi connectivity index (χ0n) is 13.3. The first-order chi connectivity index (χ1) is 12.0. The summed E-state index contributed by atoms with van der Waals surface area (Å²) in [5.41, 5.74) is 9.61. The quantitative estimate of drug-likeness (QED) is 0.546. The molecular weight excluding hydrogens is 379 g/mol. The second-order valence-electron chi connectivity index (χ2n) is 5.62. The first kappa shape index (κ1) is 16.3. The Hall–Kier alpha value is -2.22. The molecule has 1 aromatic carbocycles. The van der Waals surface area contributed by atoms with Crippen molar-refractivity contribution in [1.82, 2.24) is 25.2 Å². The molecule has 6 nitrogen and oxygen atoms in total. The molecule has 0 aliphatic heterocycles. The normalized spacial score (nSPS) is 11.4. The number of pyridine rings is 1. The molecule has 3 heterocycles. The van der Waals surface area contributed by atoms with Crippen LogP contribution >= 0.6 is 34.5 Å². The third-order valence-corrected chi connectivity index (χ3v) is 5.48. The highest BCUT2D eigenvalue weighted by Gasteiger charge is 2.21. The zero-order chi connectivity index (χ0) is 17.7. The second kappa shape index (κ2) is 5.94. The van der Waals surface area contributed by atoms with Gasteiger partial charge in [-0.3, -0.25) is 0 Å². The van der Waals surface area contributed by atoms with Crippen molar-refractivity contribution in [3.8, 4) is 16.4 Å². The van der Waals surface area contributed by atoms with Crippen molar-refractivity contribution in [3.05, 3.63) is 45.6 Å². The van der Waals surface area contributed by atoms with Gasteiger partial charge in [0.1, 0.15) is 4.83 Å². The summed E-state index contributed by atoms with van der Waals surface area (Å²) in [4.78, 5) is 6.18. The Morgan fingerprint density at radius 3 is 2.76 bits per heavy atom. The Labute approximate surface area is 157 Å². The number of aromatic nitrogens is 5. The highest BCUT2D eigenvalue weighted by atomic mass is 35.5. The highest BCUT2D eigenvalue weighted by molar-refractivity contribution is 7.22. The van der Waals surface area contributed by atoms with Gasteiger partial charge >= 0.3 is 0 Å². The zero-order valence-corrected chi connectivity index (χ0v) is 15.6. The topological polar surface area (TPSA) is 82.5 Å². The maximum Gasteiger partial charge on any atom is 0.199 e. The Balaban J connectivity index is 1.97. The molecule has 0 fully saturated rings. The number of thiophene rings is 1. The van der Waals surface area contributed by atoms with Crippen molar-refractivity contribution in [2.24, 2.45) is 0 Å². The van der Waals surface area contributed by atoms with Gasteiger partial charge in [0.2, 0.25) is 0 Å². The molecule has 0 unspecified atom stereocenters. The van der Waals surface area contributed by atoms with E-state index < -0.39 is 0 Å². The molecule has 4 rings (SSSR count). The maximum atomic E-state index is 6.40. The predicted octanol–water partition coefficient (Wildman–Crippen LogP) is 4.44. The number of tetrazole rings is 1. The van der Waals surface area contributed by atoms with Crippen LogP contribution in [0, 0.1) is 13.8 Å². The number of aryl methyl sites for hydroxylation is 2. The van der Waals surface area contributed by atoms with Gasteiger partial charge in [0, 0.05) is 16.1 Å². The minimum Gasteiger partial charge on any atom is -0.397 e. The molecule has 3 aromatic heterocycles. The SMILES string of the molecule is Cc1cc(C)c2c(N)c(-c3nnnn3-c3cc(Cl)ccc3Cl)sc2n1. The molecule has 0 atom stereocenters. The van der Waals surface area contributed by atoms with Crippen LogP contribution in [-0.4, -0.2) is 25.2 Å². The summed E-state index contributed by atoms with van der Waals surface area (Å²) in [6.45, 7) is 3.97. The van der Waals surface area contributed by atoms with Crippen LogP contribution in [0.4, 0.5) is 5.69 Å². The maximum absolute atomic E-state index is 6.40. The molecule has 0 bridgehead atoms. The van der Waals surface area contributed by atoms with Gasteiger partial charge in [-0.25, -0.2) is 4.98 Å². The summed E-state index contributed by atoms with van der Waals surface area (Å²) in [5.74, 6) is 0.502. The number of anilines is 1. The molecule has 0 radical (unpaired) electrons. The minimum absolute atomic E-state index is 0.489. The van der Waals surface area contributed by atoms with Gasteiger partial charge in [0.25, 0.3) is 0 Å². The molecule has 0 aliphatic rings. The molecule has 0 aliphatic carbocycles. The van der Waals surface area contributed by atoms with Crippen molar-refractivity contribution >= 4 is 50.4 Å². The van der Waals surface area contributed by atoms with Crippen LogP contribution in [0.2, 0.25) is 10.0 Å². The minimum atomic E-state index is 0.489. The Morgan fingerprint density at radius 2 is 1.96 bits per heavy atom. The fourth-order valence-electron chi connectivity index (χ4n) is 2.77. The van der Waals surface area contributed by atoms with Crippen molar-refractivity contribution in [2.45, 2.75) is 13.8 Å². The first-order valence-corrected chi connectivity index (χ1v) is 8.93. The molecule has 25 heavy (non-hydrogen) atoms. The summed E-state index contributed by atoms with van der Waals surface area (Å²) >= 11 is 13.8. The van der Waals surface area contributed by atoms with Crippen molar-refractivity contribution < 1.29 is 0 Å². The van der Waals surface area contributed by atoms with Crippen LogP contribution in [0.1, 0.15) is 11.3 Å². The molecule has 0 amide bonds. The summed E-state index contributed by atoms with van der Waals surface area (Å²) in [6.07, 6.45) is 0. The van der Waals surface area contributed by atoms with E-state index in [1.807, 2.05) is 19.9 Å². The molecular formula is C16H12Cl2N6S. The number of nitrogen functional groups attached to an aromatic ring is 1. The molecule has 2 N–H and O–H groups in total. The van der Waals surface area contributed by atoms with Gasteiger partial charge in [-0.2, -0.15) is 4.68 Å². The van der Waals surface area contributed by atoms with E-state index in [1.54, 1.807) is 18.2 Å². The monoisotopic (exact) mass is 390 g/mol.